The molecule has 1 aliphatic heterocycles. The first kappa shape index (κ1) is 14.0. The van der Waals surface area contributed by atoms with E-state index in [-0.39, 0.29) is 32.3 Å². The third kappa shape index (κ3) is 3.34. The molecule has 1 unspecified atom stereocenters. The quantitative estimate of drug-likeness (QED) is 0.615. The van der Waals surface area contributed by atoms with Crippen molar-refractivity contribution in [2.45, 2.75) is 18.7 Å². The lowest BCUT2D eigenvalue weighted by molar-refractivity contribution is 0.606. The van der Waals surface area contributed by atoms with Crippen molar-refractivity contribution < 1.29 is 8.42 Å². The average Bonchev–Trinajstić information content (AvgIpc) is 2.62. The molecular formula is C9H9Cl2N3O2S2. The van der Waals surface area contributed by atoms with Gasteiger partial charge in [0.05, 0.1) is 17.5 Å². The van der Waals surface area contributed by atoms with Crippen molar-refractivity contribution in [3.8, 4) is 0 Å². The molecule has 0 N–H and O–H groups in total. The van der Waals surface area contributed by atoms with Crippen molar-refractivity contribution in [3.63, 3.8) is 0 Å². The average molecular weight is 326 g/mol. The van der Waals surface area contributed by atoms with E-state index in [0.717, 1.165) is 0 Å². The van der Waals surface area contributed by atoms with Gasteiger partial charge in [0.25, 0.3) is 0 Å². The van der Waals surface area contributed by atoms with E-state index in [4.69, 9.17) is 23.2 Å². The van der Waals surface area contributed by atoms with Gasteiger partial charge in [0.15, 0.2) is 4.38 Å². The summed E-state index contributed by atoms with van der Waals surface area (Å²) in [6, 6.07) is 1.41. The number of hydrogen-bond donors (Lipinski definition) is 0. The fourth-order valence-corrected chi connectivity index (χ4v) is 4.64. The molecule has 98 valence electrons. The second kappa shape index (κ2) is 5.32. The van der Waals surface area contributed by atoms with E-state index in [1.54, 1.807) is 0 Å². The molecule has 0 aromatic carbocycles. The summed E-state index contributed by atoms with van der Waals surface area (Å²) >= 11 is 12.6. The Labute approximate surface area is 119 Å². The third-order valence-corrected chi connectivity index (χ3v) is 5.89. The highest BCUT2D eigenvalue weighted by Gasteiger charge is 2.27. The van der Waals surface area contributed by atoms with Crippen LogP contribution in [0.1, 0.15) is 12.6 Å². The first-order valence-corrected chi connectivity index (χ1v) is 8.38. The van der Waals surface area contributed by atoms with Crippen LogP contribution in [0, 0.1) is 0 Å². The van der Waals surface area contributed by atoms with E-state index in [2.05, 4.69) is 15.0 Å². The van der Waals surface area contributed by atoms with Gasteiger partial charge in [0.2, 0.25) is 15.1 Å². The van der Waals surface area contributed by atoms with E-state index in [1.165, 1.54) is 17.8 Å². The van der Waals surface area contributed by atoms with Gasteiger partial charge in [-0.05, 0) is 24.6 Å². The van der Waals surface area contributed by atoms with E-state index in [1.807, 2.05) is 6.92 Å². The Kier molecular flexibility index (Phi) is 4.15. The molecule has 0 bridgehead atoms. The summed E-state index contributed by atoms with van der Waals surface area (Å²) in [5.74, 6) is 0.410. The van der Waals surface area contributed by atoms with Crippen LogP contribution in [0.5, 0.6) is 0 Å². The zero-order valence-electron chi connectivity index (χ0n) is 9.30. The molecule has 5 nitrogen and oxygen atoms in total. The molecule has 18 heavy (non-hydrogen) atoms. The van der Waals surface area contributed by atoms with Crippen LogP contribution in [0.15, 0.2) is 11.1 Å². The van der Waals surface area contributed by atoms with Gasteiger partial charge < -0.3 is 0 Å². The van der Waals surface area contributed by atoms with Crippen LogP contribution in [0.4, 0.5) is 0 Å². The minimum absolute atomic E-state index is 0.0253. The van der Waals surface area contributed by atoms with E-state index >= 15 is 0 Å². The standard InChI is InChI=1S/C9H9Cl2N3O2S2/c1-5-3-17-9(12-5)18(15,16)4-6-2-7(10)14-8(11)13-6/h2,5H,3-4H2,1H3. The minimum atomic E-state index is -3.47. The first-order valence-electron chi connectivity index (χ1n) is 4.99. The van der Waals surface area contributed by atoms with Crippen molar-refractivity contribution in [2.75, 3.05) is 5.75 Å². The molecule has 1 aliphatic rings. The van der Waals surface area contributed by atoms with Crippen molar-refractivity contribution in [1.29, 1.82) is 0 Å². The number of sulfone groups is 1. The van der Waals surface area contributed by atoms with Crippen LogP contribution >= 0.6 is 35.0 Å². The summed E-state index contributed by atoms with van der Waals surface area (Å²) < 4.78 is 24.3. The molecule has 0 saturated heterocycles. The van der Waals surface area contributed by atoms with Gasteiger partial charge in [-0.1, -0.05) is 23.4 Å². The second-order valence-corrected chi connectivity index (χ2v) is 7.66. The monoisotopic (exact) mass is 325 g/mol. The van der Waals surface area contributed by atoms with Gasteiger partial charge >= 0.3 is 0 Å². The SMILES string of the molecule is CC1CSC(S(=O)(=O)Cc2cc(Cl)nc(Cl)n2)=N1. The van der Waals surface area contributed by atoms with Crippen LogP contribution in [-0.4, -0.2) is 34.6 Å². The molecule has 0 saturated carbocycles. The van der Waals surface area contributed by atoms with E-state index < -0.39 is 9.84 Å². The van der Waals surface area contributed by atoms with Crippen LogP contribution in [-0.2, 0) is 15.6 Å². The zero-order valence-corrected chi connectivity index (χ0v) is 12.4. The molecule has 0 aliphatic carbocycles. The Morgan fingerprint density at radius 2 is 2.17 bits per heavy atom. The van der Waals surface area contributed by atoms with Gasteiger partial charge in [-0.2, -0.15) is 0 Å². The Morgan fingerprint density at radius 3 is 2.72 bits per heavy atom. The molecular weight excluding hydrogens is 317 g/mol. The molecule has 1 aromatic rings. The molecule has 0 amide bonds. The van der Waals surface area contributed by atoms with Crippen molar-refractivity contribution in [3.05, 3.63) is 22.2 Å². The highest BCUT2D eigenvalue weighted by atomic mass is 35.5. The lowest BCUT2D eigenvalue weighted by atomic mass is 10.4. The molecule has 2 heterocycles. The smallest absolute Gasteiger partial charge is 0.224 e. The van der Waals surface area contributed by atoms with Gasteiger partial charge in [0.1, 0.15) is 5.15 Å². The highest BCUT2D eigenvalue weighted by molar-refractivity contribution is 8.35. The molecule has 9 heteroatoms. The number of halogens is 2. The highest BCUT2D eigenvalue weighted by Crippen LogP contribution is 2.24. The number of aromatic nitrogens is 2. The molecule has 0 spiro atoms. The summed E-state index contributed by atoms with van der Waals surface area (Å²) in [4.78, 5) is 11.6. The van der Waals surface area contributed by atoms with Crippen LogP contribution < -0.4 is 0 Å². The largest absolute Gasteiger partial charge is 0.264 e. The molecule has 0 fully saturated rings. The summed E-state index contributed by atoms with van der Waals surface area (Å²) in [6.45, 7) is 1.87. The molecule has 1 aromatic heterocycles. The molecule has 2 rings (SSSR count). The maximum Gasteiger partial charge on any atom is 0.224 e. The minimum Gasteiger partial charge on any atom is -0.264 e. The molecule has 0 radical (unpaired) electrons. The number of rotatable bonds is 2. The van der Waals surface area contributed by atoms with Gasteiger partial charge in [0, 0.05) is 5.75 Å². The second-order valence-electron chi connectivity index (χ2n) is 3.77. The third-order valence-electron chi connectivity index (χ3n) is 2.10. The predicted octanol–water partition coefficient (Wildman–Crippen LogP) is 2.19. The predicted molar refractivity (Wildman–Crippen MR) is 74.0 cm³/mol. The van der Waals surface area contributed by atoms with Crippen LogP contribution in [0.2, 0.25) is 10.4 Å². The van der Waals surface area contributed by atoms with Crippen molar-refractivity contribution >= 4 is 49.2 Å². The summed E-state index contributed by atoms with van der Waals surface area (Å²) in [6.07, 6.45) is 0. The summed E-state index contributed by atoms with van der Waals surface area (Å²) in [5.41, 5.74) is 0.267. The Hall–Kier alpha value is -0.370. The maximum atomic E-state index is 12.1. The van der Waals surface area contributed by atoms with Crippen molar-refractivity contribution in [1.82, 2.24) is 9.97 Å². The van der Waals surface area contributed by atoms with Crippen LogP contribution in [0.25, 0.3) is 0 Å². The van der Waals surface area contributed by atoms with E-state index in [9.17, 15) is 8.42 Å². The van der Waals surface area contributed by atoms with Gasteiger partial charge in [-0.15, -0.1) is 0 Å². The van der Waals surface area contributed by atoms with Crippen molar-refractivity contribution in [2.24, 2.45) is 4.99 Å². The Balaban J connectivity index is 2.25. The van der Waals surface area contributed by atoms with Gasteiger partial charge in [-0.3, -0.25) is 4.99 Å². The lowest BCUT2D eigenvalue weighted by Gasteiger charge is -2.03. The van der Waals surface area contributed by atoms with Gasteiger partial charge in [-0.25, -0.2) is 18.4 Å². The van der Waals surface area contributed by atoms with E-state index in [0.29, 0.717) is 5.75 Å². The number of nitrogens with zero attached hydrogens (tertiary/aromatic N) is 3. The number of thioether (sulfide) groups is 1. The Morgan fingerprint density at radius 1 is 1.44 bits per heavy atom. The maximum absolute atomic E-state index is 12.1. The lowest BCUT2D eigenvalue weighted by Crippen LogP contribution is -2.13. The topological polar surface area (TPSA) is 72.3 Å². The zero-order chi connectivity index (χ0) is 13.3. The fraction of sp³-hybridized carbons (Fsp3) is 0.444. The normalized spacial score (nSPS) is 19.9. The molecule has 1 atom stereocenters. The Bertz CT molecular complexity index is 584. The summed E-state index contributed by atoms with van der Waals surface area (Å²) in [5, 5.41) is 0.0525. The first-order chi connectivity index (χ1) is 8.37. The fourth-order valence-electron chi connectivity index (χ4n) is 1.38. The number of aliphatic imine (C=N–C) groups is 1. The summed E-state index contributed by atoms with van der Waals surface area (Å²) in [7, 11) is -3.47. The number of hydrogen-bond acceptors (Lipinski definition) is 6. The van der Waals surface area contributed by atoms with Crippen LogP contribution in [0.3, 0.4) is 0 Å².